The van der Waals surface area contributed by atoms with E-state index in [2.05, 4.69) is 11.8 Å². The van der Waals surface area contributed by atoms with E-state index < -0.39 is 0 Å². The van der Waals surface area contributed by atoms with Gasteiger partial charge in [0.25, 0.3) is 0 Å². The number of rotatable bonds is 7. The third kappa shape index (κ3) is 5.04. The molecule has 0 saturated carbocycles. The maximum atomic E-state index is 13.8. The number of hydrogen-bond acceptors (Lipinski definition) is 5. The molecule has 2 fully saturated rings. The van der Waals surface area contributed by atoms with Crippen molar-refractivity contribution in [1.82, 2.24) is 9.80 Å². The van der Waals surface area contributed by atoms with E-state index in [1.54, 1.807) is 19.1 Å². The zero-order chi connectivity index (χ0) is 24.1. The fraction of sp³-hybridized carbons (Fsp3) is 0.481. The Kier molecular flexibility index (Phi) is 7.73. The molecule has 0 spiro atoms. The van der Waals surface area contributed by atoms with Gasteiger partial charge in [-0.1, -0.05) is 19.1 Å². The van der Waals surface area contributed by atoms with Crippen molar-refractivity contribution in [3.63, 3.8) is 0 Å². The summed E-state index contributed by atoms with van der Waals surface area (Å²) in [5.74, 6) is 1.35. The zero-order valence-corrected chi connectivity index (χ0v) is 20.4. The second kappa shape index (κ2) is 10.9. The first-order valence-corrected chi connectivity index (χ1v) is 12.2. The molecule has 7 nitrogen and oxygen atoms in total. The third-order valence-electron chi connectivity index (χ3n) is 6.95. The molecule has 34 heavy (non-hydrogen) atoms. The summed E-state index contributed by atoms with van der Waals surface area (Å²) in [4.78, 5) is 33.3. The first-order chi connectivity index (χ1) is 16.5. The van der Waals surface area contributed by atoms with E-state index >= 15 is 0 Å². The quantitative estimate of drug-likeness (QED) is 0.623. The molecule has 0 bridgehead atoms. The van der Waals surface area contributed by atoms with Crippen LogP contribution in [-0.2, 0) is 9.59 Å². The Morgan fingerprint density at radius 1 is 0.912 bits per heavy atom. The minimum atomic E-state index is -0.373. The highest BCUT2D eigenvalue weighted by Gasteiger charge is 2.43. The van der Waals surface area contributed by atoms with Gasteiger partial charge >= 0.3 is 0 Å². The van der Waals surface area contributed by atoms with Crippen LogP contribution in [0, 0.1) is 5.92 Å². The summed E-state index contributed by atoms with van der Waals surface area (Å²) in [6, 6.07) is 14.8. The van der Waals surface area contributed by atoms with Gasteiger partial charge in [-0.3, -0.25) is 14.5 Å². The van der Waals surface area contributed by atoms with Crippen LogP contribution in [0.1, 0.15) is 37.8 Å². The van der Waals surface area contributed by atoms with E-state index in [-0.39, 0.29) is 23.8 Å². The van der Waals surface area contributed by atoms with Crippen molar-refractivity contribution in [3.05, 3.63) is 54.1 Å². The first-order valence-electron chi connectivity index (χ1n) is 12.2. The molecule has 2 heterocycles. The van der Waals surface area contributed by atoms with Crippen LogP contribution in [0.25, 0.3) is 0 Å². The van der Waals surface area contributed by atoms with Crippen LogP contribution in [0.3, 0.4) is 0 Å². The Labute approximate surface area is 202 Å². The average Bonchev–Trinajstić information content (AvgIpc) is 2.89. The average molecular weight is 466 g/mol. The van der Waals surface area contributed by atoms with E-state index in [9.17, 15) is 9.59 Å². The highest BCUT2D eigenvalue weighted by atomic mass is 16.5. The van der Waals surface area contributed by atoms with Gasteiger partial charge in [0.15, 0.2) is 0 Å². The Balaban J connectivity index is 1.66. The molecule has 0 radical (unpaired) electrons. The van der Waals surface area contributed by atoms with E-state index in [0.717, 1.165) is 61.9 Å². The predicted octanol–water partition coefficient (Wildman–Crippen LogP) is 3.74. The molecule has 2 aromatic rings. The maximum Gasteiger partial charge on any atom is 0.228 e. The normalized spacial score (nSPS) is 21.4. The lowest BCUT2D eigenvalue weighted by Gasteiger charge is -2.44. The molecule has 0 aromatic heterocycles. The summed E-state index contributed by atoms with van der Waals surface area (Å²) in [6.07, 6.45) is 2.02. The fourth-order valence-corrected chi connectivity index (χ4v) is 5.12. The monoisotopic (exact) mass is 465 g/mol. The molecule has 4 rings (SSSR count). The van der Waals surface area contributed by atoms with Gasteiger partial charge in [-0.25, -0.2) is 0 Å². The number of anilines is 1. The smallest absolute Gasteiger partial charge is 0.228 e. The molecule has 2 unspecified atom stereocenters. The van der Waals surface area contributed by atoms with Crippen molar-refractivity contribution in [2.24, 2.45) is 5.92 Å². The van der Waals surface area contributed by atoms with Gasteiger partial charge in [0.1, 0.15) is 11.5 Å². The van der Waals surface area contributed by atoms with Crippen molar-refractivity contribution in [2.75, 3.05) is 51.8 Å². The summed E-state index contributed by atoms with van der Waals surface area (Å²) < 4.78 is 10.6. The highest BCUT2D eigenvalue weighted by molar-refractivity contribution is 5.97. The fourth-order valence-electron chi connectivity index (χ4n) is 5.12. The largest absolute Gasteiger partial charge is 0.497 e. The molecular weight excluding hydrogens is 430 g/mol. The summed E-state index contributed by atoms with van der Waals surface area (Å²) in [7, 11) is 3.25. The zero-order valence-electron chi connectivity index (χ0n) is 20.4. The van der Waals surface area contributed by atoms with E-state index in [4.69, 9.17) is 9.47 Å². The second-order valence-corrected chi connectivity index (χ2v) is 8.99. The lowest BCUT2D eigenvalue weighted by molar-refractivity contribution is -0.140. The standard InChI is InChI=1S/C27H35N3O4/c1-4-15-28-16-18-29(19-17-28)27(32)24-13-14-25(31)30(21-7-11-23(34-3)12-8-21)26(24)20-5-9-22(33-2)10-6-20/h5-12,24,26H,4,13-19H2,1-3H3. The number of methoxy groups -OCH3 is 2. The lowest BCUT2D eigenvalue weighted by Crippen LogP contribution is -2.54. The van der Waals surface area contributed by atoms with E-state index in [0.29, 0.717) is 12.8 Å². The molecule has 2 saturated heterocycles. The topological polar surface area (TPSA) is 62.3 Å². The first kappa shape index (κ1) is 24.1. The minimum absolute atomic E-state index is 0.0304. The Morgan fingerprint density at radius 2 is 1.50 bits per heavy atom. The second-order valence-electron chi connectivity index (χ2n) is 8.99. The molecule has 2 aliphatic rings. The number of nitrogens with zero attached hydrogens (tertiary/aromatic N) is 3. The van der Waals surface area contributed by atoms with Crippen molar-refractivity contribution in [2.45, 2.75) is 32.2 Å². The van der Waals surface area contributed by atoms with Crippen molar-refractivity contribution in [3.8, 4) is 11.5 Å². The summed E-state index contributed by atoms with van der Waals surface area (Å²) >= 11 is 0. The molecule has 2 atom stereocenters. The van der Waals surface area contributed by atoms with Crippen molar-refractivity contribution < 1.29 is 19.1 Å². The van der Waals surface area contributed by atoms with Crippen LogP contribution < -0.4 is 14.4 Å². The van der Waals surface area contributed by atoms with E-state index in [1.807, 2.05) is 53.4 Å². The number of hydrogen-bond donors (Lipinski definition) is 0. The SMILES string of the molecule is CCCN1CCN(C(=O)C2CCC(=O)N(c3ccc(OC)cc3)C2c2ccc(OC)cc2)CC1. The lowest BCUT2D eigenvalue weighted by atomic mass is 9.82. The Morgan fingerprint density at radius 3 is 2.06 bits per heavy atom. The number of piperidine rings is 1. The van der Waals surface area contributed by atoms with Gasteiger partial charge < -0.3 is 19.3 Å². The molecule has 2 aromatic carbocycles. The summed E-state index contributed by atoms with van der Waals surface area (Å²) in [6.45, 7) is 6.53. The molecule has 182 valence electrons. The number of amides is 2. The van der Waals surface area contributed by atoms with Crippen LogP contribution in [0.2, 0.25) is 0 Å². The maximum absolute atomic E-state index is 13.8. The van der Waals surface area contributed by atoms with Gasteiger partial charge in [-0.2, -0.15) is 0 Å². The Hall–Kier alpha value is -3.06. The van der Waals surface area contributed by atoms with Crippen LogP contribution in [0.4, 0.5) is 5.69 Å². The molecule has 0 N–H and O–H groups in total. The molecule has 7 heteroatoms. The number of carbonyl (C=O) groups is 2. The number of piperazine rings is 1. The summed E-state index contributed by atoms with van der Waals surface area (Å²) in [5.41, 5.74) is 1.71. The van der Waals surface area contributed by atoms with Gasteiger partial charge in [-0.15, -0.1) is 0 Å². The number of ether oxygens (including phenoxy) is 2. The van der Waals surface area contributed by atoms with Gasteiger partial charge in [-0.05, 0) is 61.3 Å². The van der Waals surface area contributed by atoms with Crippen molar-refractivity contribution in [1.29, 1.82) is 0 Å². The van der Waals surface area contributed by atoms with Crippen LogP contribution in [0.5, 0.6) is 11.5 Å². The van der Waals surface area contributed by atoms with Gasteiger partial charge in [0.2, 0.25) is 11.8 Å². The summed E-state index contributed by atoms with van der Waals surface area (Å²) in [5, 5.41) is 0. The van der Waals surface area contributed by atoms with Crippen LogP contribution in [-0.4, -0.2) is 68.6 Å². The van der Waals surface area contributed by atoms with Crippen molar-refractivity contribution >= 4 is 17.5 Å². The molecule has 2 amide bonds. The number of carbonyl (C=O) groups excluding carboxylic acids is 2. The third-order valence-corrected chi connectivity index (χ3v) is 6.95. The number of benzene rings is 2. The minimum Gasteiger partial charge on any atom is -0.497 e. The van der Waals surface area contributed by atoms with Crippen LogP contribution >= 0.6 is 0 Å². The van der Waals surface area contributed by atoms with Gasteiger partial charge in [0, 0.05) is 38.3 Å². The molecule has 2 aliphatic heterocycles. The molecule has 0 aliphatic carbocycles. The Bertz CT molecular complexity index is 968. The molecular formula is C27H35N3O4. The van der Waals surface area contributed by atoms with Gasteiger partial charge in [0.05, 0.1) is 26.2 Å². The highest BCUT2D eigenvalue weighted by Crippen LogP contribution is 2.41. The van der Waals surface area contributed by atoms with E-state index in [1.165, 1.54) is 0 Å². The predicted molar refractivity (Wildman–Crippen MR) is 132 cm³/mol. The van der Waals surface area contributed by atoms with Crippen LogP contribution in [0.15, 0.2) is 48.5 Å².